The fraction of sp³-hybridized carbons (Fsp3) is 0.613. The quantitative estimate of drug-likeness (QED) is 0.362. The summed E-state index contributed by atoms with van der Waals surface area (Å²) in [5.41, 5.74) is 6.19. The Labute approximate surface area is 223 Å². The highest BCUT2D eigenvalue weighted by atomic mass is 16.7. The van der Waals surface area contributed by atoms with Crippen molar-refractivity contribution in [3.8, 4) is 0 Å². The van der Waals surface area contributed by atoms with E-state index in [0.717, 1.165) is 37.7 Å². The van der Waals surface area contributed by atoms with Gasteiger partial charge < -0.3 is 29.2 Å². The minimum Gasteiger partial charge on any atom is -0.394 e. The number of aliphatic hydroxyl groups is 2. The Bertz CT molecular complexity index is 920. The van der Waals surface area contributed by atoms with Crippen molar-refractivity contribution in [2.45, 2.75) is 96.4 Å². The van der Waals surface area contributed by atoms with E-state index in [1.807, 2.05) is 19.1 Å². The summed E-state index contributed by atoms with van der Waals surface area (Å²) in [7, 11) is 1.60. The van der Waals surface area contributed by atoms with Crippen molar-refractivity contribution in [1.82, 2.24) is 0 Å². The summed E-state index contributed by atoms with van der Waals surface area (Å²) in [4.78, 5) is 0. The minimum atomic E-state index is -1.11. The van der Waals surface area contributed by atoms with Gasteiger partial charge in [0.05, 0.1) is 19.8 Å². The molecule has 1 saturated heterocycles. The second kappa shape index (κ2) is 15.6. The van der Waals surface area contributed by atoms with Crippen molar-refractivity contribution in [2.24, 2.45) is 0 Å². The Morgan fingerprint density at radius 3 is 2.57 bits per heavy atom. The largest absolute Gasteiger partial charge is 0.394 e. The predicted molar refractivity (Wildman–Crippen MR) is 146 cm³/mol. The van der Waals surface area contributed by atoms with Gasteiger partial charge in [0, 0.05) is 12.7 Å². The number of hydrogen-bond donors (Lipinski definition) is 2. The topological polar surface area (TPSA) is 77.4 Å². The van der Waals surface area contributed by atoms with Crippen molar-refractivity contribution >= 4 is 0 Å². The van der Waals surface area contributed by atoms with Crippen molar-refractivity contribution in [2.75, 3.05) is 26.9 Å². The second-order valence-electron chi connectivity index (χ2n) is 10.0. The Morgan fingerprint density at radius 1 is 1.16 bits per heavy atom. The van der Waals surface area contributed by atoms with Gasteiger partial charge in [-0.1, -0.05) is 55.8 Å². The SMILES string of the molecule is C/C=C\C1=C(/C=C/COC(C(O)CO)C2OC(c3ccc(CCCC)c(C)c3)OCC2OC)CCCC1. The molecule has 3 rings (SSSR count). The maximum absolute atomic E-state index is 10.7. The smallest absolute Gasteiger partial charge is 0.184 e. The summed E-state index contributed by atoms with van der Waals surface area (Å²) in [5.74, 6) is 0. The van der Waals surface area contributed by atoms with E-state index < -0.39 is 37.3 Å². The summed E-state index contributed by atoms with van der Waals surface area (Å²) >= 11 is 0. The fourth-order valence-corrected chi connectivity index (χ4v) is 5.15. The Morgan fingerprint density at radius 2 is 1.92 bits per heavy atom. The van der Waals surface area contributed by atoms with Crippen LogP contribution in [0.2, 0.25) is 0 Å². The minimum absolute atomic E-state index is 0.293. The molecule has 1 aromatic rings. The van der Waals surface area contributed by atoms with E-state index in [1.165, 1.54) is 35.1 Å². The van der Waals surface area contributed by atoms with Crippen LogP contribution in [0.15, 0.2) is 53.6 Å². The standard InChI is InChI=1S/C31H46O6/c1-5-7-12-23-16-17-26(19-22(23)3)31-36-21-28(34-4)30(37-31)29(27(33)20-32)35-18-10-15-25-14-9-8-13-24(25)11-6-2/h6,10-11,15-17,19,27-33H,5,7-9,12-14,18,20-21H2,1-4H3/b11-6-,15-10+. The lowest BCUT2D eigenvalue weighted by molar-refractivity contribution is -0.292. The lowest BCUT2D eigenvalue weighted by atomic mass is 9.91. The van der Waals surface area contributed by atoms with Crippen LogP contribution in [0, 0.1) is 6.92 Å². The lowest BCUT2D eigenvalue weighted by Gasteiger charge is -2.40. The predicted octanol–water partition coefficient (Wildman–Crippen LogP) is 5.51. The van der Waals surface area contributed by atoms with Crippen LogP contribution in [0.25, 0.3) is 0 Å². The molecule has 0 aromatic heterocycles. The molecule has 206 valence electrons. The Balaban J connectivity index is 1.72. The first-order valence-electron chi connectivity index (χ1n) is 13.8. The van der Waals surface area contributed by atoms with E-state index in [-0.39, 0.29) is 0 Å². The highest BCUT2D eigenvalue weighted by Crippen LogP contribution is 2.32. The van der Waals surface area contributed by atoms with Crippen LogP contribution in [0.3, 0.4) is 0 Å². The molecule has 0 saturated carbocycles. The highest BCUT2D eigenvalue weighted by molar-refractivity contribution is 5.35. The average Bonchev–Trinajstić information content (AvgIpc) is 2.92. The second-order valence-corrected chi connectivity index (χ2v) is 10.0. The molecule has 1 aromatic carbocycles. The van der Waals surface area contributed by atoms with Gasteiger partial charge in [0.1, 0.15) is 24.4 Å². The molecule has 0 spiro atoms. The summed E-state index contributed by atoms with van der Waals surface area (Å²) in [6.07, 6.45) is 12.8. The van der Waals surface area contributed by atoms with Crippen LogP contribution in [-0.4, -0.2) is 61.6 Å². The number of aryl methyl sites for hydroxylation is 2. The van der Waals surface area contributed by atoms with Crippen LogP contribution >= 0.6 is 0 Å². The van der Waals surface area contributed by atoms with E-state index in [2.05, 4.69) is 44.2 Å². The van der Waals surface area contributed by atoms with Gasteiger partial charge in [0.15, 0.2) is 6.29 Å². The number of aliphatic hydroxyl groups excluding tert-OH is 2. The van der Waals surface area contributed by atoms with Gasteiger partial charge >= 0.3 is 0 Å². The fourth-order valence-electron chi connectivity index (χ4n) is 5.15. The van der Waals surface area contributed by atoms with Crippen molar-refractivity contribution in [3.05, 3.63) is 70.3 Å². The monoisotopic (exact) mass is 514 g/mol. The van der Waals surface area contributed by atoms with E-state index in [4.69, 9.17) is 18.9 Å². The first-order valence-corrected chi connectivity index (χ1v) is 13.8. The first kappa shape index (κ1) is 29.8. The molecule has 0 bridgehead atoms. The highest BCUT2D eigenvalue weighted by Gasteiger charge is 2.41. The number of rotatable bonds is 13. The van der Waals surface area contributed by atoms with Gasteiger partial charge in [-0.15, -0.1) is 0 Å². The number of ether oxygens (including phenoxy) is 4. The average molecular weight is 515 g/mol. The number of allylic oxidation sites excluding steroid dienone is 5. The third-order valence-electron chi connectivity index (χ3n) is 7.32. The molecule has 2 N–H and O–H groups in total. The van der Waals surface area contributed by atoms with Crippen molar-refractivity contribution in [3.63, 3.8) is 0 Å². The molecule has 5 unspecified atom stereocenters. The molecule has 6 heteroatoms. The van der Waals surface area contributed by atoms with Gasteiger partial charge in [-0.3, -0.25) is 0 Å². The Kier molecular flexibility index (Phi) is 12.5. The normalized spacial score (nSPS) is 24.8. The summed E-state index contributed by atoms with van der Waals surface area (Å²) in [6.45, 7) is 6.52. The van der Waals surface area contributed by atoms with Crippen molar-refractivity contribution in [1.29, 1.82) is 0 Å². The number of methoxy groups -OCH3 is 1. The molecule has 1 aliphatic carbocycles. The first-order chi connectivity index (χ1) is 18.0. The van der Waals surface area contributed by atoms with Crippen LogP contribution in [-0.2, 0) is 25.4 Å². The zero-order valence-electron chi connectivity index (χ0n) is 23.0. The molecule has 1 aliphatic heterocycles. The third kappa shape index (κ3) is 8.34. The maximum Gasteiger partial charge on any atom is 0.184 e. The van der Waals surface area contributed by atoms with Gasteiger partial charge in [0.2, 0.25) is 0 Å². The summed E-state index contributed by atoms with van der Waals surface area (Å²) in [5, 5.41) is 20.4. The molecule has 6 nitrogen and oxygen atoms in total. The lowest BCUT2D eigenvalue weighted by Crippen LogP contribution is -2.54. The van der Waals surface area contributed by atoms with Crippen LogP contribution < -0.4 is 0 Å². The summed E-state index contributed by atoms with van der Waals surface area (Å²) in [6, 6.07) is 6.31. The van der Waals surface area contributed by atoms with Gasteiger partial charge in [-0.25, -0.2) is 0 Å². The van der Waals surface area contributed by atoms with E-state index in [0.29, 0.717) is 13.2 Å². The van der Waals surface area contributed by atoms with E-state index in [1.54, 1.807) is 7.11 Å². The number of benzene rings is 1. The molecule has 0 amide bonds. The summed E-state index contributed by atoms with van der Waals surface area (Å²) < 4.78 is 24.1. The zero-order chi connectivity index (χ0) is 26.6. The van der Waals surface area contributed by atoms with E-state index in [9.17, 15) is 10.2 Å². The molecule has 0 radical (unpaired) electrons. The van der Waals surface area contributed by atoms with Gasteiger partial charge in [-0.2, -0.15) is 0 Å². The van der Waals surface area contributed by atoms with Gasteiger partial charge in [-0.05, 0) is 74.6 Å². The van der Waals surface area contributed by atoms with Crippen LogP contribution in [0.5, 0.6) is 0 Å². The molecular formula is C31H46O6. The molecule has 2 aliphatic rings. The number of hydrogen-bond acceptors (Lipinski definition) is 6. The van der Waals surface area contributed by atoms with Crippen molar-refractivity contribution < 1.29 is 29.2 Å². The zero-order valence-corrected chi connectivity index (χ0v) is 23.0. The number of unbranched alkanes of at least 4 members (excludes halogenated alkanes) is 1. The molecular weight excluding hydrogens is 468 g/mol. The maximum atomic E-state index is 10.7. The van der Waals surface area contributed by atoms with E-state index >= 15 is 0 Å². The van der Waals surface area contributed by atoms with Crippen LogP contribution in [0.1, 0.15) is 75.4 Å². The molecule has 37 heavy (non-hydrogen) atoms. The van der Waals surface area contributed by atoms with Crippen LogP contribution in [0.4, 0.5) is 0 Å². The molecule has 1 heterocycles. The molecule has 5 atom stereocenters. The van der Waals surface area contributed by atoms with Gasteiger partial charge in [0.25, 0.3) is 0 Å². The molecule has 1 fully saturated rings. The third-order valence-corrected chi connectivity index (χ3v) is 7.32. The Hall–Kier alpha value is -1.80.